The van der Waals surface area contributed by atoms with Crippen molar-refractivity contribution in [3.8, 4) is 0 Å². The average Bonchev–Trinajstić information content (AvgIpc) is 2.52. The standard InChI is InChI=1S/C12H10F2/c13-11-7-6-10(12(11)14)8-9-4-2-1-3-5-9/h1-7,11H,8H2. The van der Waals surface area contributed by atoms with E-state index < -0.39 is 12.0 Å². The third-order valence-electron chi connectivity index (χ3n) is 2.25. The highest BCUT2D eigenvalue weighted by Gasteiger charge is 2.19. The molecule has 0 aliphatic heterocycles. The van der Waals surface area contributed by atoms with E-state index in [2.05, 4.69) is 0 Å². The summed E-state index contributed by atoms with van der Waals surface area (Å²) >= 11 is 0. The van der Waals surface area contributed by atoms with E-state index in [-0.39, 0.29) is 0 Å². The average molecular weight is 192 g/mol. The molecule has 1 aliphatic carbocycles. The Bertz CT molecular complexity index is 377. The predicted octanol–water partition coefficient (Wildman–Crippen LogP) is 3.36. The van der Waals surface area contributed by atoms with Gasteiger partial charge < -0.3 is 0 Å². The number of alkyl halides is 1. The van der Waals surface area contributed by atoms with Gasteiger partial charge in [0.2, 0.25) is 0 Å². The van der Waals surface area contributed by atoms with Crippen LogP contribution in [0.25, 0.3) is 0 Å². The van der Waals surface area contributed by atoms with Gasteiger partial charge in [-0.2, -0.15) is 0 Å². The summed E-state index contributed by atoms with van der Waals surface area (Å²) in [6.07, 6.45) is 1.69. The van der Waals surface area contributed by atoms with Crippen molar-refractivity contribution in [1.82, 2.24) is 0 Å². The quantitative estimate of drug-likeness (QED) is 0.674. The molecule has 0 radical (unpaired) electrons. The van der Waals surface area contributed by atoms with Gasteiger partial charge in [-0.05, 0) is 17.2 Å². The third kappa shape index (κ3) is 1.74. The number of benzene rings is 1. The van der Waals surface area contributed by atoms with Gasteiger partial charge in [0.15, 0.2) is 6.17 Å². The molecule has 2 rings (SSSR count). The maximum Gasteiger partial charge on any atom is 0.170 e. The molecular weight excluding hydrogens is 182 g/mol. The molecule has 14 heavy (non-hydrogen) atoms. The fourth-order valence-corrected chi connectivity index (χ4v) is 1.50. The Morgan fingerprint density at radius 1 is 1.14 bits per heavy atom. The van der Waals surface area contributed by atoms with Crippen LogP contribution in [0.5, 0.6) is 0 Å². The Kier molecular flexibility index (Phi) is 2.44. The summed E-state index contributed by atoms with van der Waals surface area (Å²) in [4.78, 5) is 0. The molecule has 72 valence electrons. The second-order valence-corrected chi connectivity index (χ2v) is 3.30. The zero-order valence-electron chi connectivity index (χ0n) is 7.58. The maximum absolute atomic E-state index is 13.1. The minimum Gasteiger partial charge on any atom is -0.235 e. The van der Waals surface area contributed by atoms with Crippen molar-refractivity contribution in [3.63, 3.8) is 0 Å². The molecule has 0 saturated heterocycles. The van der Waals surface area contributed by atoms with Crippen LogP contribution in [0.4, 0.5) is 8.78 Å². The highest BCUT2D eigenvalue weighted by Crippen LogP contribution is 2.25. The minimum atomic E-state index is -1.53. The lowest BCUT2D eigenvalue weighted by atomic mass is 10.1. The summed E-state index contributed by atoms with van der Waals surface area (Å²) < 4.78 is 25.9. The van der Waals surface area contributed by atoms with Gasteiger partial charge >= 0.3 is 0 Å². The highest BCUT2D eigenvalue weighted by molar-refractivity contribution is 5.38. The van der Waals surface area contributed by atoms with Crippen LogP contribution >= 0.6 is 0 Å². The molecule has 1 aliphatic rings. The van der Waals surface area contributed by atoms with E-state index in [0.717, 1.165) is 5.56 Å². The molecule has 2 heteroatoms. The number of halogens is 2. The van der Waals surface area contributed by atoms with Crippen LogP contribution < -0.4 is 0 Å². The number of allylic oxidation sites excluding steroid dienone is 4. The molecule has 0 aromatic heterocycles. The molecule has 1 atom stereocenters. The van der Waals surface area contributed by atoms with E-state index in [4.69, 9.17) is 0 Å². The minimum absolute atomic E-state index is 0.448. The first-order chi connectivity index (χ1) is 6.77. The Morgan fingerprint density at radius 2 is 1.86 bits per heavy atom. The van der Waals surface area contributed by atoms with Gasteiger partial charge in [0, 0.05) is 6.42 Å². The van der Waals surface area contributed by atoms with E-state index in [0.29, 0.717) is 12.0 Å². The van der Waals surface area contributed by atoms with Crippen LogP contribution in [0.2, 0.25) is 0 Å². The zero-order valence-corrected chi connectivity index (χ0v) is 7.58. The SMILES string of the molecule is FC1=C(Cc2ccccc2)C=CC1F. The smallest absolute Gasteiger partial charge is 0.170 e. The van der Waals surface area contributed by atoms with Crippen molar-refractivity contribution in [2.24, 2.45) is 0 Å². The molecule has 1 aromatic rings. The van der Waals surface area contributed by atoms with Crippen molar-refractivity contribution < 1.29 is 8.78 Å². The predicted molar refractivity (Wildman–Crippen MR) is 52.3 cm³/mol. The molecule has 0 bridgehead atoms. The van der Waals surface area contributed by atoms with Crippen molar-refractivity contribution >= 4 is 0 Å². The first-order valence-corrected chi connectivity index (χ1v) is 4.52. The second kappa shape index (κ2) is 3.74. The van der Waals surface area contributed by atoms with Crippen LogP contribution in [-0.4, -0.2) is 6.17 Å². The third-order valence-corrected chi connectivity index (χ3v) is 2.25. The van der Waals surface area contributed by atoms with Gasteiger partial charge in [0.05, 0.1) is 0 Å². The molecule has 0 heterocycles. The fraction of sp³-hybridized carbons (Fsp3) is 0.167. The fourth-order valence-electron chi connectivity index (χ4n) is 1.50. The monoisotopic (exact) mass is 192 g/mol. The lowest BCUT2D eigenvalue weighted by Gasteiger charge is -2.01. The Morgan fingerprint density at radius 3 is 2.43 bits per heavy atom. The van der Waals surface area contributed by atoms with Gasteiger partial charge in [-0.25, -0.2) is 8.78 Å². The molecular formula is C12H10F2. The molecule has 0 N–H and O–H groups in total. The van der Waals surface area contributed by atoms with E-state index >= 15 is 0 Å². The second-order valence-electron chi connectivity index (χ2n) is 3.30. The Labute approximate surface area is 81.6 Å². The lowest BCUT2D eigenvalue weighted by molar-refractivity contribution is 0.385. The van der Waals surface area contributed by atoms with Crippen LogP contribution in [0, 0.1) is 0 Å². The number of hydrogen-bond acceptors (Lipinski definition) is 0. The lowest BCUT2D eigenvalue weighted by Crippen LogP contribution is -1.94. The number of hydrogen-bond donors (Lipinski definition) is 0. The largest absolute Gasteiger partial charge is 0.235 e. The van der Waals surface area contributed by atoms with Crippen molar-refractivity contribution in [1.29, 1.82) is 0 Å². The van der Waals surface area contributed by atoms with E-state index in [1.165, 1.54) is 12.2 Å². The van der Waals surface area contributed by atoms with Crippen LogP contribution in [0.3, 0.4) is 0 Å². The topological polar surface area (TPSA) is 0 Å². The molecule has 0 spiro atoms. The summed E-state index contributed by atoms with van der Waals surface area (Å²) in [5.74, 6) is -0.645. The van der Waals surface area contributed by atoms with Gasteiger partial charge in [0.1, 0.15) is 5.83 Å². The van der Waals surface area contributed by atoms with E-state index in [1.54, 1.807) is 0 Å². The molecule has 0 amide bonds. The molecule has 0 saturated carbocycles. The Hall–Kier alpha value is -1.44. The van der Waals surface area contributed by atoms with Gasteiger partial charge in [-0.1, -0.05) is 36.4 Å². The zero-order chi connectivity index (χ0) is 9.97. The van der Waals surface area contributed by atoms with Crippen molar-refractivity contribution in [2.75, 3.05) is 0 Å². The van der Waals surface area contributed by atoms with E-state index in [9.17, 15) is 8.78 Å². The van der Waals surface area contributed by atoms with Gasteiger partial charge in [0.25, 0.3) is 0 Å². The maximum atomic E-state index is 13.1. The van der Waals surface area contributed by atoms with Crippen molar-refractivity contribution in [3.05, 3.63) is 59.4 Å². The summed E-state index contributed by atoms with van der Waals surface area (Å²) in [7, 11) is 0. The highest BCUT2D eigenvalue weighted by atomic mass is 19.2. The van der Waals surface area contributed by atoms with Gasteiger partial charge in [-0.15, -0.1) is 0 Å². The Balaban J connectivity index is 2.17. The van der Waals surface area contributed by atoms with Crippen LogP contribution in [0.15, 0.2) is 53.9 Å². The van der Waals surface area contributed by atoms with Gasteiger partial charge in [-0.3, -0.25) is 0 Å². The molecule has 1 unspecified atom stereocenters. The van der Waals surface area contributed by atoms with Crippen LogP contribution in [0.1, 0.15) is 5.56 Å². The molecule has 0 nitrogen and oxygen atoms in total. The summed E-state index contributed by atoms with van der Waals surface area (Å²) in [6, 6.07) is 9.48. The van der Waals surface area contributed by atoms with E-state index in [1.807, 2.05) is 30.3 Å². The first kappa shape index (κ1) is 9.13. The molecule has 0 fully saturated rings. The summed E-state index contributed by atoms with van der Waals surface area (Å²) in [6.45, 7) is 0. The molecule has 1 aromatic carbocycles. The number of rotatable bonds is 2. The summed E-state index contributed by atoms with van der Waals surface area (Å²) in [5, 5.41) is 0. The summed E-state index contributed by atoms with van der Waals surface area (Å²) in [5.41, 5.74) is 1.44. The first-order valence-electron chi connectivity index (χ1n) is 4.52. The normalized spacial score (nSPS) is 20.6. The van der Waals surface area contributed by atoms with Crippen molar-refractivity contribution in [2.45, 2.75) is 12.6 Å². The van der Waals surface area contributed by atoms with Crippen LogP contribution in [-0.2, 0) is 6.42 Å².